The van der Waals surface area contributed by atoms with Crippen LogP contribution in [0.5, 0.6) is 0 Å². The number of primary amides is 1. The smallest absolute Gasteiger partial charge is 0.242 e. The van der Waals surface area contributed by atoms with Gasteiger partial charge in [0.25, 0.3) is 0 Å². The molecule has 2 heterocycles. The largest absolute Gasteiger partial charge is 0.377 e. The normalized spacial score (nSPS) is 19.4. The Labute approximate surface area is 158 Å². The van der Waals surface area contributed by atoms with Crippen molar-refractivity contribution in [1.29, 1.82) is 0 Å². The molecule has 1 fully saturated rings. The van der Waals surface area contributed by atoms with Gasteiger partial charge in [0, 0.05) is 11.8 Å². The van der Waals surface area contributed by atoms with Gasteiger partial charge in [-0.05, 0) is 38.0 Å². The summed E-state index contributed by atoms with van der Waals surface area (Å²) in [4.78, 5) is 14.0. The summed E-state index contributed by atoms with van der Waals surface area (Å²) in [7, 11) is 0. The maximum atomic E-state index is 12.0. The van der Waals surface area contributed by atoms with Crippen LogP contribution in [-0.4, -0.2) is 41.5 Å². The molecule has 1 saturated heterocycles. The van der Waals surface area contributed by atoms with Crippen LogP contribution in [0.4, 0.5) is 5.82 Å². The highest BCUT2D eigenvalue weighted by atomic mass is 16.5. The number of allylic oxidation sites excluding steroid dienone is 2. The molecule has 1 aliphatic heterocycles. The Morgan fingerprint density at radius 1 is 1.26 bits per heavy atom. The lowest BCUT2D eigenvalue weighted by atomic mass is 10.1. The van der Waals surface area contributed by atoms with Crippen LogP contribution < -0.4 is 21.2 Å². The average molecular weight is 364 g/mol. The summed E-state index contributed by atoms with van der Waals surface area (Å²) in [5.74, 6) is 0.388. The number of hydrogen-bond donors (Lipinski definition) is 1. The second-order valence-corrected chi connectivity index (χ2v) is 6.93. The molecular formula is C21H24N4O2. The number of nitrogens with zero attached hydrogens (tertiary/aromatic N) is 3. The molecule has 140 valence electrons. The number of anilines is 1. The van der Waals surface area contributed by atoms with Gasteiger partial charge in [-0.25, -0.2) is 4.68 Å². The number of amides is 1. The van der Waals surface area contributed by atoms with Crippen molar-refractivity contribution in [2.75, 3.05) is 24.7 Å². The number of carbonyl (C=O) groups excluding carboxylic acids is 1. The van der Waals surface area contributed by atoms with E-state index in [1.165, 1.54) is 5.56 Å². The lowest BCUT2D eigenvalue weighted by molar-refractivity contribution is -0.121. The molecular weight excluding hydrogens is 340 g/mol. The summed E-state index contributed by atoms with van der Waals surface area (Å²) in [6.45, 7) is 3.50. The standard InChI is InChI=1S/C21H24N4O2/c1-15-8-10-16(11-9-15)25-18-7-5-3-2-4-6-17(18)21(23-25)24-12-13-27-14-19(24)20(22)26/h2,4,6-11,19H,3,5,12-14H2,1H3,(H2,22,26). The van der Waals surface area contributed by atoms with Crippen molar-refractivity contribution in [2.24, 2.45) is 5.73 Å². The summed E-state index contributed by atoms with van der Waals surface area (Å²) in [6, 6.07) is 7.79. The summed E-state index contributed by atoms with van der Waals surface area (Å²) in [5.41, 5.74) is 7.84. The predicted octanol–water partition coefficient (Wildman–Crippen LogP) is 0.782. The highest BCUT2D eigenvalue weighted by Crippen LogP contribution is 2.15. The van der Waals surface area contributed by atoms with E-state index in [-0.39, 0.29) is 0 Å². The van der Waals surface area contributed by atoms with Gasteiger partial charge in [-0.2, -0.15) is 0 Å². The molecule has 6 nitrogen and oxygen atoms in total. The summed E-state index contributed by atoms with van der Waals surface area (Å²) in [6.07, 6.45) is 10.4. The zero-order chi connectivity index (χ0) is 18.8. The molecule has 27 heavy (non-hydrogen) atoms. The van der Waals surface area contributed by atoms with Crippen molar-refractivity contribution in [1.82, 2.24) is 9.78 Å². The van der Waals surface area contributed by atoms with Gasteiger partial charge in [0.2, 0.25) is 5.91 Å². The second-order valence-electron chi connectivity index (χ2n) is 6.93. The molecule has 4 rings (SSSR count). The number of benzene rings is 1. The fourth-order valence-electron chi connectivity index (χ4n) is 3.55. The van der Waals surface area contributed by atoms with Crippen LogP contribution in [-0.2, 0) is 9.53 Å². The first kappa shape index (κ1) is 17.5. The van der Waals surface area contributed by atoms with Crippen LogP contribution in [0.1, 0.15) is 18.4 Å². The van der Waals surface area contributed by atoms with Crippen molar-refractivity contribution in [3.8, 4) is 5.69 Å². The average Bonchev–Trinajstić information content (AvgIpc) is 2.99. The first-order valence-corrected chi connectivity index (χ1v) is 9.32. The minimum absolute atomic E-state index is 0.293. The topological polar surface area (TPSA) is 73.4 Å². The van der Waals surface area contributed by atoms with Crippen molar-refractivity contribution < 1.29 is 9.53 Å². The van der Waals surface area contributed by atoms with Crippen LogP contribution in [0.25, 0.3) is 17.8 Å². The Kier molecular flexibility index (Phi) is 4.81. The molecule has 6 heteroatoms. The summed E-state index contributed by atoms with van der Waals surface area (Å²) in [5, 5.41) is 6.98. The first-order chi connectivity index (χ1) is 13.1. The molecule has 1 aromatic carbocycles. The maximum absolute atomic E-state index is 12.0. The Hall–Kier alpha value is -2.86. The van der Waals surface area contributed by atoms with E-state index in [0.29, 0.717) is 19.8 Å². The minimum Gasteiger partial charge on any atom is -0.377 e. The van der Waals surface area contributed by atoms with Gasteiger partial charge in [0.1, 0.15) is 6.04 Å². The molecule has 1 aliphatic carbocycles. The third-order valence-corrected chi connectivity index (χ3v) is 5.02. The third-order valence-electron chi connectivity index (χ3n) is 5.02. The monoisotopic (exact) mass is 364 g/mol. The molecule has 2 aliphatic rings. The Bertz CT molecular complexity index is 988. The van der Waals surface area contributed by atoms with Gasteiger partial charge >= 0.3 is 0 Å². The van der Waals surface area contributed by atoms with Gasteiger partial charge in [0.15, 0.2) is 5.82 Å². The lowest BCUT2D eigenvalue weighted by Crippen LogP contribution is -2.54. The van der Waals surface area contributed by atoms with E-state index in [4.69, 9.17) is 15.6 Å². The van der Waals surface area contributed by atoms with E-state index >= 15 is 0 Å². The first-order valence-electron chi connectivity index (χ1n) is 9.32. The summed E-state index contributed by atoms with van der Waals surface area (Å²) >= 11 is 0. The van der Waals surface area contributed by atoms with Crippen LogP contribution in [0.2, 0.25) is 0 Å². The van der Waals surface area contributed by atoms with E-state index in [9.17, 15) is 4.79 Å². The van der Waals surface area contributed by atoms with Gasteiger partial charge in [0.05, 0.1) is 24.3 Å². The number of aryl methyl sites for hydroxylation is 1. The molecule has 0 spiro atoms. The molecule has 0 radical (unpaired) electrons. The molecule has 2 N–H and O–H groups in total. The summed E-state index contributed by atoms with van der Waals surface area (Å²) < 4.78 is 7.44. The van der Waals surface area contributed by atoms with Crippen molar-refractivity contribution in [3.05, 3.63) is 52.5 Å². The van der Waals surface area contributed by atoms with Gasteiger partial charge in [-0.15, -0.1) is 5.10 Å². The Balaban J connectivity index is 1.93. The molecule has 1 atom stereocenters. The third kappa shape index (κ3) is 3.40. The molecule has 2 aromatic rings. The van der Waals surface area contributed by atoms with Crippen molar-refractivity contribution in [2.45, 2.75) is 25.8 Å². The maximum Gasteiger partial charge on any atom is 0.242 e. The van der Waals surface area contributed by atoms with Crippen LogP contribution in [0, 0.1) is 6.92 Å². The SMILES string of the molecule is Cc1ccc(-n2nc(N3CCOCC3C(N)=O)c3c2=CCCC=CC=3)cc1. The number of nitrogens with two attached hydrogens (primary N) is 1. The molecule has 1 amide bonds. The van der Waals surface area contributed by atoms with E-state index in [1.807, 2.05) is 9.58 Å². The molecule has 0 saturated carbocycles. The van der Waals surface area contributed by atoms with E-state index in [0.717, 1.165) is 34.9 Å². The number of morpholine rings is 1. The highest BCUT2D eigenvalue weighted by molar-refractivity contribution is 5.83. The molecule has 1 aromatic heterocycles. The lowest BCUT2D eigenvalue weighted by Gasteiger charge is -2.33. The highest BCUT2D eigenvalue weighted by Gasteiger charge is 2.30. The number of fused-ring (bicyclic) bond motifs is 1. The second kappa shape index (κ2) is 7.40. The van der Waals surface area contributed by atoms with Crippen molar-refractivity contribution >= 4 is 23.9 Å². The zero-order valence-corrected chi connectivity index (χ0v) is 15.5. The molecule has 1 unspecified atom stereocenters. The Morgan fingerprint density at radius 3 is 2.85 bits per heavy atom. The van der Waals surface area contributed by atoms with E-state index < -0.39 is 11.9 Å². The van der Waals surface area contributed by atoms with E-state index in [2.05, 4.69) is 55.5 Å². The zero-order valence-electron chi connectivity index (χ0n) is 15.5. The Morgan fingerprint density at radius 2 is 2.07 bits per heavy atom. The van der Waals surface area contributed by atoms with Gasteiger partial charge < -0.3 is 15.4 Å². The quantitative estimate of drug-likeness (QED) is 0.874. The van der Waals surface area contributed by atoms with E-state index in [1.54, 1.807) is 0 Å². The fraction of sp³-hybridized carbons (Fsp3) is 0.333. The predicted molar refractivity (Wildman–Crippen MR) is 106 cm³/mol. The number of rotatable bonds is 3. The van der Waals surface area contributed by atoms with Gasteiger partial charge in [-0.1, -0.05) is 35.9 Å². The molecule has 0 bridgehead atoms. The number of aromatic nitrogens is 2. The number of ether oxygens (including phenoxy) is 1. The van der Waals surface area contributed by atoms with Crippen LogP contribution in [0.3, 0.4) is 0 Å². The number of carbonyl (C=O) groups is 1. The van der Waals surface area contributed by atoms with Gasteiger partial charge in [-0.3, -0.25) is 4.79 Å². The fourth-order valence-corrected chi connectivity index (χ4v) is 3.55. The van der Waals surface area contributed by atoms with Crippen molar-refractivity contribution in [3.63, 3.8) is 0 Å². The van der Waals surface area contributed by atoms with Crippen LogP contribution in [0.15, 0.2) is 36.4 Å². The minimum atomic E-state index is -0.507. The number of hydrogen-bond acceptors (Lipinski definition) is 4. The van der Waals surface area contributed by atoms with Crippen LogP contribution >= 0.6 is 0 Å².